The number of hydrogen-bond acceptors (Lipinski definition) is 10. The molecule has 4 N–H and O–H groups in total. The van der Waals surface area contributed by atoms with Crippen LogP contribution in [0, 0.1) is 12.7 Å². The molecule has 1 aromatic carbocycles. The Morgan fingerprint density at radius 2 is 1.83 bits per heavy atom. The summed E-state index contributed by atoms with van der Waals surface area (Å²) in [5.74, 6) is -1.68. The number of likely N-dealkylation sites (N-methyl/N-ethyl adjacent to an activating group) is 1. The molecule has 0 bridgehead atoms. The van der Waals surface area contributed by atoms with Gasteiger partial charge in [-0.1, -0.05) is 0 Å². The Morgan fingerprint density at radius 1 is 1.10 bits per heavy atom. The molecule has 2 aromatic heterocycles. The number of amides is 1. The van der Waals surface area contributed by atoms with Gasteiger partial charge < -0.3 is 30.9 Å². The second-order valence-corrected chi connectivity index (χ2v) is 11.1. The van der Waals surface area contributed by atoms with Crippen LogP contribution in [0.15, 0.2) is 29.8 Å². The lowest BCUT2D eigenvalue weighted by Crippen LogP contribution is -2.52. The summed E-state index contributed by atoms with van der Waals surface area (Å²) < 4.78 is 47.2. The average Bonchev–Trinajstić information content (AvgIpc) is 3.42. The minimum absolute atomic E-state index is 0.0215. The van der Waals surface area contributed by atoms with Crippen molar-refractivity contribution in [3.8, 4) is 5.75 Å². The van der Waals surface area contributed by atoms with Gasteiger partial charge in [-0.2, -0.15) is 13.8 Å². The number of aromatic nitrogens is 2. The third-order valence-corrected chi connectivity index (χ3v) is 8.43. The van der Waals surface area contributed by atoms with Crippen LogP contribution < -0.4 is 26.0 Å². The SMILES string of the molecule is Cc1cnc(Nc2ccc(N3CCC(N4CCN(C)CC4)CC3)c(F)c2OC(F)F)nc1Nc1ccsc1C(N)=O. The standard InChI is InChI=1S/C27H33F3N8O2S/c1-16-15-32-27(35-25(16)33-19-7-14-41-23(19)24(31)39)34-18-3-4-20(21(28)22(18)40-26(29)30)38-8-5-17(6-9-38)37-12-10-36(2)11-13-37/h3-4,7,14-15,17,26H,5-6,8-13H2,1-2H3,(H2,31,39)(H2,32,33,34,35). The molecular formula is C27H33F3N8O2S. The van der Waals surface area contributed by atoms with Crippen molar-refractivity contribution in [3.63, 3.8) is 0 Å². The Balaban J connectivity index is 1.33. The predicted molar refractivity (Wildman–Crippen MR) is 154 cm³/mol. The Kier molecular flexibility index (Phi) is 8.80. The number of nitrogens with two attached hydrogens (primary N) is 1. The van der Waals surface area contributed by atoms with E-state index in [1.165, 1.54) is 23.6 Å². The number of benzene rings is 1. The molecule has 0 saturated carbocycles. The van der Waals surface area contributed by atoms with E-state index in [1.54, 1.807) is 24.4 Å². The fraction of sp³-hybridized carbons (Fsp3) is 0.444. The van der Waals surface area contributed by atoms with Gasteiger partial charge in [-0.15, -0.1) is 11.3 Å². The van der Waals surface area contributed by atoms with E-state index in [9.17, 15) is 13.6 Å². The van der Waals surface area contributed by atoms with E-state index in [2.05, 4.69) is 42.2 Å². The molecule has 5 rings (SSSR count). The third-order valence-electron chi connectivity index (χ3n) is 7.50. The largest absolute Gasteiger partial charge is 0.429 e. The summed E-state index contributed by atoms with van der Waals surface area (Å²) in [5, 5.41) is 7.57. The Hall–Kier alpha value is -3.62. The molecule has 0 unspecified atom stereocenters. The molecule has 2 fully saturated rings. The molecular weight excluding hydrogens is 557 g/mol. The number of carbonyl (C=O) groups excluding carboxylic acids is 1. The molecule has 0 aliphatic carbocycles. The minimum atomic E-state index is -3.23. The monoisotopic (exact) mass is 590 g/mol. The van der Waals surface area contributed by atoms with Gasteiger partial charge in [0.2, 0.25) is 5.95 Å². The summed E-state index contributed by atoms with van der Waals surface area (Å²) in [6.07, 6.45) is 3.24. The number of anilines is 5. The minimum Gasteiger partial charge on any atom is -0.429 e. The Morgan fingerprint density at radius 3 is 2.51 bits per heavy atom. The maximum Gasteiger partial charge on any atom is 0.387 e. The van der Waals surface area contributed by atoms with Crippen LogP contribution in [0.1, 0.15) is 28.1 Å². The van der Waals surface area contributed by atoms with E-state index in [0.717, 1.165) is 39.0 Å². The van der Waals surface area contributed by atoms with Gasteiger partial charge in [0, 0.05) is 57.1 Å². The quantitative estimate of drug-likeness (QED) is 0.334. The zero-order valence-corrected chi connectivity index (χ0v) is 23.7. The van der Waals surface area contributed by atoms with Crippen LogP contribution >= 0.6 is 11.3 Å². The van der Waals surface area contributed by atoms with Crippen LogP contribution in [0.4, 0.5) is 42.0 Å². The highest BCUT2D eigenvalue weighted by molar-refractivity contribution is 7.12. The Labute approximate surface area is 240 Å². The van der Waals surface area contributed by atoms with Crippen LogP contribution in [-0.2, 0) is 0 Å². The van der Waals surface area contributed by atoms with Crippen LogP contribution in [-0.4, -0.2) is 84.6 Å². The second-order valence-electron chi connectivity index (χ2n) is 10.2. The van der Waals surface area contributed by atoms with Gasteiger partial charge in [0.15, 0.2) is 11.6 Å². The highest BCUT2D eigenvalue weighted by atomic mass is 32.1. The number of rotatable bonds is 9. The molecule has 0 radical (unpaired) electrons. The van der Waals surface area contributed by atoms with E-state index < -0.39 is 24.1 Å². The molecule has 0 spiro atoms. The van der Waals surface area contributed by atoms with Crippen LogP contribution in [0.5, 0.6) is 5.75 Å². The summed E-state index contributed by atoms with van der Waals surface area (Å²) in [7, 11) is 2.12. The average molecular weight is 591 g/mol. The van der Waals surface area contributed by atoms with Crippen molar-refractivity contribution in [2.24, 2.45) is 5.73 Å². The number of thiophene rings is 1. The van der Waals surface area contributed by atoms with E-state index in [0.29, 0.717) is 41.1 Å². The zero-order chi connectivity index (χ0) is 29.1. The van der Waals surface area contributed by atoms with Crippen LogP contribution in [0.3, 0.4) is 0 Å². The summed E-state index contributed by atoms with van der Waals surface area (Å²) in [5.41, 5.74) is 6.74. The molecule has 14 heteroatoms. The van der Waals surface area contributed by atoms with Crippen molar-refractivity contribution in [3.05, 3.63) is 46.0 Å². The topological polar surface area (TPSA) is 112 Å². The second kappa shape index (κ2) is 12.5. The van der Waals surface area contributed by atoms with E-state index in [4.69, 9.17) is 5.73 Å². The summed E-state index contributed by atoms with van der Waals surface area (Å²) in [6.45, 7) is 3.84. The number of nitrogens with zero attached hydrogens (tertiary/aromatic N) is 5. The van der Waals surface area contributed by atoms with E-state index >= 15 is 4.39 Å². The molecule has 10 nitrogen and oxygen atoms in total. The van der Waals surface area contributed by atoms with Crippen molar-refractivity contribution in [2.45, 2.75) is 32.4 Å². The number of primary amides is 1. The van der Waals surface area contributed by atoms with Crippen molar-refractivity contribution >= 4 is 46.1 Å². The van der Waals surface area contributed by atoms with Gasteiger partial charge in [0.1, 0.15) is 10.7 Å². The highest BCUT2D eigenvalue weighted by Gasteiger charge is 2.29. The number of ether oxygens (including phenoxy) is 1. The number of piperidine rings is 1. The lowest BCUT2D eigenvalue weighted by molar-refractivity contribution is -0.0516. The van der Waals surface area contributed by atoms with Crippen LogP contribution in [0.2, 0.25) is 0 Å². The van der Waals surface area contributed by atoms with Crippen molar-refractivity contribution in [2.75, 3.05) is 61.8 Å². The molecule has 0 atom stereocenters. The summed E-state index contributed by atoms with van der Waals surface area (Å²) in [4.78, 5) is 27.3. The fourth-order valence-electron chi connectivity index (χ4n) is 5.23. The van der Waals surface area contributed by atoms with E-state index in [1.807, 2.05) is 4.90 Å². The lowest BCUT2D eigenvalue weighted by atomic mass is 10.0. The number of hydrogen-bond donors (Lipinski definition) is 3. The smallest absolute Gasteiger partial charge is 0.387 e. The van der Waals surface area contributed by atoms with E-state index in [-0.39, 0.29) is 17.3 Å². The molecule has 2 saturated heterocycles. The molecule has 220 valence electrons. The van der Waals surface area contributed by atoms with Gasteiger partial charge in [-0.05, 0) is 50.4 Å². The molecule has 4 heterocycles. The first-order valence-electron chi connectivity index (χ1n) is 13.4. The maximum absolute atomic E-state index is 15.7. The van der Waals surface area contributed by atoms with Crippen molar-refractivity contribution in [1.82, 2.24) is 19.8 Å². The van der Waals surface area contributed by atoms with Gasteiger partial charge in [-0.3, -0.25) is 9.69 Å². The van der Waals surface area contributed by atoms with Crippen molar-refractivity contribution in [1.29, 1.82) is 0 Å². The highest BCUT2D eigenvalue weighted by Crippen LogP contribution is 2.38. The molecule has 41 heavy (non-hydrogen) atoms. The Bertz CT molecular complexity index is 1370. The molecule has 2 aliphatic rings. The van der Waals surface area contributed by atoms with Crippen molar-refractivity contribution < 1.29 is 22.7 Å². The predicted octanol–water partition coefficient (Wildman–Crippen LogP) is 4.39. The first-order valence-corrected chi connectivity index (χ1v) is 14.3. The van der Waals surface area contributed by atoms with Gasteiger partial charge in [0.25, 0.3) is 5.91 Å². The molecule has 1 amide bonds. The fourth-order valence-corrected chi connectivity index (χ4v) is 5.93. The van der Waals surface area contributed by atoms with Gasteiger partial charge in [0.05, 0.1) is 17.1 Å². The van der Waals surface area contributed by atoms with Gasteiger partial charge in [-0.25, -0.2) is 9.37 Å². The summed E-state index contributed by atoms with van der Waals surface area (Å²) in [6, 6.07) is 5.17. The first kappa shape index (κ1) is 28.9. The number of piperazine rings is 1. The van der Waals surface area contributed by atoms with Gasteiger partial charge >= 0.3 is 6.61 Å². The zero-order valence-electron chi connectivity index (χ0n) is 22.9. The lowest BCUT2D eigenvalue weighted by Gasteiger charge is -2.42. The first-order chi connectivity index (χ1) is 19.7. The number of halogens is 3. The normalized spacial score (nSPS) is 17.2. The number of aryl methyl sites for hydroxylation is 1. The van der Waals surface area contributed by atoms with Crippen LogP contribution in [0.25, 0.3) is 0 Å². The molecule has 2 aliphatic heterocycles. The molecule has 3 aromatic rings. The number of alkyl halides is 2. The number of nitrogens with one attached hydrogen (secondary N) is 2. The number of carbonyl (C=O) groups is 1. The third kappa shape index (κ3) is 6.66. The maximum atomic E-state index is 15.7. The summed E-state index contributed by atoms with van der Waals surface area (Å²) >= 11 is 1.19.